The number of nitrogens with zero attached hydrogens (tertiary/aromatic N) is 5. The molecule has 0 amide bonds. The van der Waals surface area contributed by atoms with Gasteiger partial charge in [-0.15, -0.1) is 0 Å². The number of para-hydroxylation sites is 4. The van der Waals surface area contributed by atoms with Gasteiger partial charge < -0.3 is 9.13 Å². The van der Waals surface area contributed by atoms with Crippen molar-refractivity contribution < 1.29 is 0 Å². The van der Waals surface area contributed by atoms with E-state index in [4.69, 9.17) is 9.97 Å². The summed E-state index contributed by atoms with van der Waals surface area (Å²) in [6, 6.07) is 70.5. The molecule has 11 aromatic rings. The van der Waals surface area contributed by atoms with Crippen molar-refractivity contribution in [3.8, 4) is 51.0 Å². The molecule has 5 heteroatoms. The number of rotatable bonds is 6. The van der Waals surface area contributed by atoms with Crippen molar-refractivity contribution in [3.63, 3.8) is 0 Å². The van der Waals surface area contributed by atoms with Crippen molar-refractivity contribution in [2.45, 2.75) is 0 Å². The molecule has 0 radical (unpaired) electrons. The Labute approximate surface area is 317 Å². The van der Waals surface area contributed by atoms with E-state index in [0.29, 0.717) is 5.95 Å². The maximum Gasteiger partial charge on any atom is 0.235 e. The van der Waals surface area contributed by atoms with Crippen LogP contribution in [-0.2, 0) is 0 Å². The molecule has 0 aliphatic carbocycles. The van der Waals surface area contributed by atoms with E-state index in [1.807, 2.05) is 6.07 Å². The maximum absolute atomic E-state index is 5.45. The highest BCUT2D eigenvalue weighted by atomic mass is 15.2. The molecule has 0 N–H and O–H groups in total. The Hall–Kier alpha value is -7.50. The predicted molar refractivity (Wildman–Crippen MR) is 226 cm³/mol. The molecule has 0 saturated heterocycles. The quantitative estimate of drug-likeness (QED) is 0.173. The van der Waals surface area contributed by atoms with Crippen LogP contribution in [0.2, 0.25) is 0 Å². The van der Waals surface area contributed by atoms with Gasteiger partial charge in [0.1, 0.15) is 5.52 Å². The summed E-state index contributed by atoms with van der Waals surface area (Å²) in [5, 5.41) is 2.30. The highest BCUT2D eigenvalue weighted by Gasteiger charge is 2.28. The maximum atomic E-state index is 5.45. The molecule has 5 nitrogen and oxygen atoms in total. The Morgan fingerprint density at radius 2 is 0.673 bits per heavy atom. The van der Waals surface area contributed by atoms with E-state index in [9.17, 15) is 0 Å². The molecule has 0 aliphatic rings. The first-order valence-corrected chi connectivity index (χ1v) is 18.6. The van der Waals surface area contributed by atoms with Crippen LogP contribution in [0.3, 0.4) is 0 Å². The first-order valence-electron chi connectivity index (χ1n) is 18.6. The van der Waals surface area contributed by atoms with Gasteiger partial charge in [0, 0.05) is 33.3 Å². The van der Waals surface area contributed by atoms with Gasteiger partial charge in [-0.05, 0) is 53.6 Å². The van der Waals surface area contributed by atoms with E-state index in [-0.39, 0.29) is 0 Å². The Kier molecular flexibility index (Phi) is 7.10. The molecule has 11 rings (SSSR count). The Bertz CT molecular complexity index is 3160. The fourth-order valence-electron chi connectivity index (χ4n) is 8.24. The lowest BCUT2D eigenvalue weighted by Crippen LogP contribution is -2.04. The normalized spacial score (nSPS) is 11.6. The molecule has 7 aromatic carbocycles. The highest BCUT2D eigenvalue weighted by Crippen LogP contribution is 2.45. The van der Waals surface area contributed by atoms with Gasteiger partial charge in [0.2, 0.25) is 5.95 Å². The van der Waals surface area contributed by atoms with Crippen molar-refractivity contribution in [2.24, 2.45) is 0 Å². The van der Waals surface area contributed by atoms with Crippen molar-refractivity contribution in [2.75, 3.05) is 0 Å². The summed E-state index contributed by atoms with van der Waals surface area (Å²) in [5.74, 6) is 0.617. The van der Waals surface area contributed by atoms with Crippen LogP contribution in [0.15, 0.2) is 200 Å². The summed E-state index contributed by atoms with van der Waals surface area (Å²) in [6.45, 7) is 0. The molecule has 0 bridgehead atoms. The van der Waals surface area contributed by atoms with Gasteiger partial charge in [-0.3, -0.25) is 4.57 Å². The standard InChI is InChI=1S/C50H33N5/c1-5-17-34(18-6-1)35-29-31-37(32-30-35)43-33-42(36-19-7-2-8-20-36)51-50(52-43)55-45-28-16-14-26-41(45)47-49(55)48-46(54(47)39-23-11-4-12-24-39)40-25-13-15-27-44(40)53(48)38-21-9-3-10-22-38/h1-33H. The zero-order chi connectivity index (χ0) is 36.3. The average Bonchev–Trinajstić information content (AvgIpc) is 3.90. The molecule has 0 spiro atoms. The second-order valence-corrected chi connectivity index (χ2v) is 13.9. The molecule has 4 aromatic heterocycles. The summed E-state index contributed by atoms with van der Waals surface area (Å²) in [5.41, 5.74) is 14.9. The van der Waals surface area contributed by atoms with Gasteiger partial charge in [0.15, 0.2) is 0 Å². The number of aromatic nitrogens is 5. The number of hydrogen-bond acceptors (Lipinski definition) is 2. The predicted octanol–water partition coefficient (Wildman–Crippen LogP) is 12.5. The zero-order valence-corrected chi connectivity index (χ0v) is 29.8. The van der Waals surface area contributed by atoms with Crippen molar-refractivity contribution in [3.05, 3.63) is 200 Å². The fourth-order valence-corrected chi connectivity index (χ4v) is 8.24. The topological polar surface area (TPSA) is 40.6 Å². The molecule has 0 fully saturated rings. The van der Waals surface area contributed by atoms with Gasteiger partial charge in [0.05, 0.1) is 39.0 Å². The van der Waals surface area contributed by atoms with Crippen LogP contribution in [-0.4, -0.2) is 23.7 Å². The van der Waals surface area contributed by atoms with Crippen LogP contribution in [0.5, 0.6) is 0 Å². The number of fused-ring (bicyclic) bond motifs is 7. The lowest BCUT2D eigenvalue weighted by molar-refractivity contribution is 0.995. The summed E-state index contributed by atoms with van der Waals surface area (Å²) in [4.78, 5) is 10.9. The number of benzene rings is 7. The molecule has 0 atom stereocenters. The van der Waals surface area contributed by atoms with E-state index >= 15 is 0 Å². The third kappa shape index (κ3) is 4.94. The number of hydrogen-bond donors (Lipinski definition) is 0. The molecule has 258 valence electrons. The van der Waals surface area contributed by atoms with E-state index in [2.05, 4.69) is 208 Å². The first kappa shape index (κ1) is 31.1. The van der Waals surface area contributed by atoms with E-state index in [1.165, 1.54) is 16.5 Å². The van der Waals surface area contributed by atoms with Crippen molar-refractivity contribution >= 4 is 43.9 Å². The second-order valence-electron chi connectivity index (χ2n) is 13.9. The van der Waals surface area contributed by atoms with Gasteiger partial charge in [-0.2, -0.15) is 0 Å². The van der Waals surface area contributed by atoms with Crippen LogP contribution in [0.1, 0.15) is 0 Å². The lowest BCUT2D eigenvalue weighted by Gasteiger charge is -2.13. The highest BCUT2D eigenvalue weighted by molar-refractivity contribution is 6.25. The van der Waals surface area contributed by atoms with Crippen LogP contribution in [0, 0.1) is 0 Å². The lowest BCUT2D eigenvalue weighted by atomic mass is 10.0. The Morgan fingerprint density at radius 3 is 1.24 bits per heavy atom. The van der Waals surface area contributed by atoms with Gasteiger partial charge in [-0.1, -0.05) is 158 Å². The van der Waals surface area contributed by atoms with E-state index < -0.39 is 0 Å². The molecule has 0 aliphatic heterocycles. The molecular weight excluding hydrogens is 671 g/mol. The van der Waals surface area contributed by atoms with Crippen LogP contribution >= 0.6 is 0 Å². The van der Waals surface area contributed by atoms with Gasteiger partial charge in [0.25, 0.3) is 0 Å². The van der Waals surface area contributed by atoms with Gasteiger partial charge in [-0.25, -0.2) is 9.97 Å². The zero-order valence-electron chi connectivity index (χ0n) is 29.8. The third-order valence-electron chi connectivity index (χ3n) is 10.7. The second kappa shape index (κ2) is 12.6. The largest absolute Gasteiger partial charge is 0.306 e. The van der Waals surface area contributed by atoms with Gasteiger partial charge >= 0.3 is 0 Å². The monoisotopic (exact) mass is 703 g/mol. The fraction of sp³-hybridized carbons (Fsp3) is 0. The van der Waals surface area contributed by atoms with Crippen molar-refractivity contribution in [1.29, 1.82) is 0 Å². The Morgan fingerprint density at radius 1 is 0.291 bits per heavy atom. The van der Waals surface area contributed by atoms with E-state index in [1.54, 1.807) is 0 Å². The van der Waals surface area contributed by atoms with Crippen LogP contribution in [0.4, 0.5) is 0 Å². The first-order chi connectivity index (χ1) is 27.3. The minimum absolute atomic E-state index is 0.617. The van der Waals surface area contributed by atoms with Crippen LogP contribution in [0.25, 0.3) is 94.8 Å². The smallest absolute Gasteiger partial charge is 0.235 e. The Balaban J connectivity index is 1.28. The summed E-state index contributed by atoms with van der Waals surface area (Å²) >= 11 is 0. The third-order valence-corrected chi connectivity index (χ3v) is 10.7. The molecule has 4 heterocycles. The minimum Gasteiger partial charge on any atom is -0.306 e. The molecule has 0 saturated carbocycles. The average molecular weight is 704 g/mol. The summed E-state index contributed by atoms with van der Waals surface area (Å²) in [7, 11) is 0. The van der Waals surface area contributed by atoms with Crippen molar-refractivity contribution in [1.82, 2.24) is 23.7 Å². The summed E-state index contributed by atoms with van der Waals surface area (Å²) < 4.78 is 7.14. The summed E-state index contributed by atoms with van der Waals surface area (Å²) in [6.07, 6.45) is 0. The molecule has 55 heavy (non-hydrogen) atoms. The van der Waals surface area contributed by atoms with E-state index in [0.717, 1.165) is 72.4 Å². The van der Waals surface area contributed by atoms with Crippen LogP contribution < -0.4 is 0 Å². The SMILES string of the molecule is c1ccc(-c2ccc(-c3cc(-c4ccccc4)nc(-n4c5ccccc5c5c4c4c(c6ccccc6n4-c4ccccc4)n5-c4ccccc4)n3)cc2)cc1. The molecular formula is C50H33N5. The minimum atomic E-state index is 0.617. The molecule has 0 unspecified atom stereocenters.